The van der Waals surface area contributed by atoms with Crippen molar-refractivity contribution in [3.05, 3.63) is 18.0 Å². The lowest BCUT2D eigenvalue weighted by atomic mass is 9.95. The molecule has 0 aromatic carbocycles. The zero-order valence-corrected chi connectivity index (χ0v) is 9.73. The molecule has 2 heterocycles. The molecule has 5 nitrogen and oxygen atoms in total. The minimum atomic E-state index is -0.0214. The van der Waals surface area contributed by atoms with Gasteiger partial charge in [-0.2, -0.15) is 5.10 Å². The van der Waals surface area contributed by atoms with Gasteiger partial charge in [-0.15, -0.1) is 0 Å². The third kappa shape index (κ3) is 2.41. The largest absolute Gasteiger partial charge is 0.349 e. The van der Waals surface area contributed by atoms with Crippen LogP contribution in [0.25, 0.3) is 0 Å². The van der Waals surface area contributed by atoms with E-state index in [4.69, 9.17) is 0 Å². The van der Waals surface area contributed by atoms with Crippen molar-refractivity contribution in [2.45, 2.75) is 19.4 Å². The zero-order valence-electron chi connectivity index (χ0n) is 9.73. The fourth-order valence-corrected chi connectivity index (χ4v) is 2.02. The van der Waals surface area contributed by atoms with Crippen molar-refractivity contribution in [3.63, 3.8) is 0 Å². The van der Waals surface area contributed by atoms with Crippen molar-refractivity contribution in [1.29, 1.82) is 0 Å². The molecule has 0 aliphatic carbocycles. The topological polar surface area (TPSA) is 58.9 Å². The fourth-order valence-electron chi connectivity index (χ4n) is 2.02. The van der Waals surface area contributed by atoms with E-state index in [1.807, 2.05) is 7.05 Å². The number of aryl methyl sites for hydroxylation is 1. The van der Waals surface area contributed by atoms with E-state index in [0.29, 0.717) is 11.5 Å². The summed E-state index contributed by atoms with van der Waals surface area (Å²) in [6.45, 7) is 4.10. The summed E-state index contributed by atoms with van der Waals surface area (Å²) >= 11 is 0. The van der Waals surface area contributed by atoms with E-state index in [1.165, 1.54) is 0 Å². The highest BCUT2D eigenvalue weighted by Crippen LogP contribution is 2.11. The molecule has 0 saturated carbocycles. The highest BCUT2D eigenvalue weighted by molar-refractivity contribution is 5.93. The minimum absolute atomic E-state index is 0.0214. The van der Waals surface area contributed by atoms with Crippen molar-refractivity contribution >= 4 is 5.91 Å². The number of carbonyl (C=O) groups excluding carboxylic acids is 1. The normalized spacial score (nSPS) is 25.4. The fraction of sp³-hybridized carbons (Fsp3) is 0.636. The van der Waals surface area contributed by atoms with Gasteiger partial charge < -0.3 is 10.6 Å². The second kappa shape index (κ2) is 4.65. The molecule has 1 saturated heterocycles. The van der Waals surface area contributed by atoms with Crippen molar-refractivity contribution in [1.82, 2.24) is 20.4 Å². The first kappa shape index (κ1) is 11.1. The third-order valence-electron chi connectivity index (χ3n) is 3.07. The van der Waals surface area contributed by atoms with E-state index in [0.717, 1.165) is 19.5 Å². The zero-order chi connectivity index (χ0) is 11.5. The molecule has 1 fully saturated rings. The summed E-state index contributed by atoms with van der Waals surface area (Å²) in [4.78, 5) is 11.9. The average molecular weight is 222 g/mol. The van der Waals surface area contributed by atoms with Gasteiger partial charge in [-0.25, -0.2) is 0 Å². The second-order valence-corrected chi connectivity index (χ2v) is 4.45. The SMILES string of the molecule is CC1CNCCC1NC(=O)c1cnn(C)c1. The number of nitrogens with zero attached hydrogens (tertiary/aromatic N) is 2. The summed E-state index contributed by atoms with van der Waals surface area (Å²) in [6, 6.07) is 0.272. The number of aromatic nitrogens is 2. The van der Waals surface area contributed by atoms with Gasteiger partial charge in [0, 0.05) is 19.3 Å². The monoisotopic (exact) mass is 222 g/mol. The van der Waals surface area contributed by atoms with Crippen LogP contribution < -0.4 is 10.6 Å². The van der Waals surface area contributed by atoms with Gasteiger partial charge in [-0.3, -0.25) is 9.48 Å². The summed E-state index contributed by atoms with van der Waals surface area (Å²) in [5.74, 6) is 0.459. The molecule has 2 rings (SSSR count). The second-order valence-electron chi connectivity index (χ2n) is 4.45. The molecule has 1 aliphatic heterocycles. The molecule has 2 atom stereocenters. The molecular weight excluding hydrogens is 204 g/mol. The number of rotatable bonds is 2. The van der Waals surface area contributed by atoms with Gasteiger partial charge >= 0.3 is 0 Å². The molecule has 16 heavy (non-hydrogen) atoms. The van der Waals surface area contributed by atoms with Crippen molar-refractivity contribution in [2.75, 3.05) is 13.1 Å². The van der Waals surface area contributed by atoms with Gasteiger partial charge in [0.1, 0.15) is 0 Å². The van der Waals surface area contributed by atoms with E-state index >= 15 is 0 Å². The van der Waals surface area contributed by atoms with Crippen LogP contribution in [-0.2, 0) is 7.05 Å². The lowest BCUT2D eigenvalue weighted by Crippen LogP contribution is -2.48. The van der Waals surface area contributed by atoms with Crippen LogP contribution in [0.3, 0.4) is 0 Å². The standard InChI is InChI=1S/C11H18N4O/c1-8-5-12-4-3-10(8)14-11(16)9-6-13-15(2)7-9/h6-8,10,12H,3-5H2,1-2H3,(H,14,16). The Kier molecular flexibility index (Phi) is 3.24. The first-order chi connectivity index (χ1) is 7.66. The maximum absolute atomic E-state index is 11.9. The van der Waals surface area contributed by atoms with Crippen LogP contribution >= 0.6 is 0 Å². The van der Waals surface area contributed by atoms with E-state index in [-0.39, 0.29) is 11.9 Å². The highest BCUT2D eigenvalue weighted by Gasteiger charge is 2.23. The third-order valence-corrected chi connectivity index (χ3v) is 3.07. The van der Waals surface area contributed by atoms with Gasteiger partial charge in [0.2, 0.25) is 0 Å². The summed E-state index contributed by atoms with van der Waals surface area (Å²) in [5, 5.41) is 10.4. The van der Waals surface area contributed by atoms with E-state index in [1.54, 1.807) is 17.1 Å². The molecule has 1 aliphatic rings. The van der Waals surface area contributed by atoms with Gasteiger partial charge in [0.15, 0.2) is 0 Å². The predicted octanol–water partition coefficient (Wildman–Crippen LogP) is 0.148. The van der Waals surface area contributed by atoms with Gasteiger partial charge in [0.05, 0.1) is 11.8 Å². The first-order valence-corrected chi connectivity index (χ1v) is 5.67. The maximum Gasteiger partial charge on any atom is 0.254 e. The molecule has 2 N–H and O–H groups in total. The molecule has 0 spiro atoms. The lowest BCUT2D eigenvalue weighted by Gasteiger charge is -2.30. The van der Waals surface area contributed by atoms with E-state index in [2.05, 4.69) is 22.7 Å². The van der Waals surface area contributed by atoms with Crippen LogP contribution in [0, 0.1) is 5.92 Å². The van der Waals surface area contributed by atoms with Crippen LogP contribution in [0.1, 0.15) is 23.7 Å². The first-order valence-electron chi connectivity index (χ1n) is 5.67. The molecule has 1 aromatic rings. The van der Waals surface area contributed by atoms with Gasteiger partial charge in [-0.05, 0) is 25.4 Å². The number of amides is 1. The van der Waals surface area contributed by atoms with Crippen LogP contribution in [0.5, 0.6) is 0 Å². The summed E-state index contributed by atoms with van der Waals surface area (Å²) in [5.41, 5.74) is 0.633. The minimum Gasteiger partial charge on any atom is -0.349 e. The predicted molar refractivity (Wildman–Crippen MR) is 61.1 cm³/mol. The van der Waals surface area contributed by atoms with Crippen molar-refractivity contribution in [2.24, 2.45) is 13.0 Å². The summed E-state index contributed by atoms with van der Waals surface area (Å²) in [6.07, 6.45) is 4.33. The summed E-state index contributed by atoms with van der Waals surface area (Å²) < 4.78 is 1.64. The molecule has 0 bridgehead atoms. The lowest BCUT2D eigenvalue weighted by molar-refractivity contribution is 0.0914. The van der Waals surface area contributed by atoms with Gasteiger partial charge in [-0.1, -0.05) is 6.92 Å². The van der Waals surface area contributed by atoms with Crippen molar-refractivity contribution in [3.8, 4) is 0 Å². The maximum atomic E-state index is 11.9. The molecule has 88 valence electrons. The van der Waals surface area contributed by atoms with Crippen LogP contribution in [0.2, 0.25) is 0 Å². The molecule has 5 heteroatoms. The molecular formula is C11H18N4O. The van der Waals surface area contributed by atoms with E-state index in [9.17, 15) is 4.79 Å². The van der Waals surface area contributed by atoms with E-state index < -0.39 is 0 Å². The molecule has 1 amide bonds. The van der Waals surface area contributed by atoms with Crippen LogP contribution in [-0.4, -0.2) is 34.8 Å². The number of hydrogen-bond acceptors (Lipinski definition) is 3. The van der Waals surface area contributed by atoms with Crippen molar-refractivity contribution < 1.29 is 4.79 Å². The average Bonchev–Trinajstić information content (AvgIpc) is 2.68. The molecule has 2 unspecified atom stereocenters. The quantitative estimate of drug-likeness (QED) is 0.748. The Bertz CT molecular complexity index is 374. The van der Waals surface area contributed by atoms with Gasteiger partial charge in [0.25, 0.3) is 5.91 Å². The number of hydrogen-bond donors (Lipinski definition) is 2. The Morgan fingerprint density at radius 1 is 1.69 bits per heavy atom. The summed E-state index contributed by atoms with van der Waals surface area (Å²) in [7, 11) is 1.81. The number of carbonyl (C=O) groups is 1. The van der Waals surface area contributed by atoms with Crippen LogP contribution in [0.15, 0.2) is 12.4 Å². The Morgan fingerprint density at radius 2 is 2.50 bits per heavy atom. The molecule has 1 aromatic heterocycles. The molecule has 0 radical (unpaired) electrons. The Balaban J connectivity index is 1.96. The number of nitrogens with one attached hydrogen (secondary N) is 2. The smallest absolute Gasteiger partial charge is 0.254 e. The van der Waals surface area contributed by atoms with Crippen LogP contribution in [0.4, 0.5) is 0 Å². The highest BCUT2D eigenvalue weighted by atomic mass is 16.1. The Labute approximate surface area is 95.2 Å². The Morgan fingerprint density at radius 3 is 3.12 bits per heavy atom. The number of piperidine rings is 1. The Hall–Kier alpha value is -1.36.